The summed E-state index contributed by atoms with van der Waals surface area (Å²) in [5, 5.41) is 0. The van der Waals surface area contributed by atoms with E-state index in [0.29, 0.717) is 5.56 Å². The van der Waals surface area contributed by atoms with Gasteiger partial charge in [0, 0.05) is 0 Å². The number of rotatable bonds is 2. The first-order valence-electron chi connectivity index (χ1n) is 5.05. The van der Waals surface area contributed by atoms with Crippen LogP contribution in [0.5, 0.6) is 0 Å². The Bertz CT molecular complexity index is 477. The van der Waals surface area contributed by atoms with Crippen LogP contribution in [0.15, 0.2) is 54.6 Å². The highest BCUT2D eigenvalue weighted by molar-refractivity contribution is 6.92. The summed E-state index contributed by atoms with van der Waals surface area (Å²) in [7, 11) is 1.38. The Balaban J connectivity index is 0.00000144. The molecule has 88 valence electrons. The summed E-state index contributed by atoms with van der Waals surface area (Å²) in [5.41, 5.74) is 2.80. The molecule has 0 aliphatic carbocycles. The molecule has 0 amide bonds. The lowest BCUT2D eigenvalue weighted by molar-refractivity contribution is 0.0601. The van der Waals surface area contributed by atoms with Gasteiger partial charge in [0.25, 0.3) is 0 Å². The van der Waals surface area contributed by atoms with Crippen LogP contribution in [-0.4, -0.2) is 13.1 Å². The van der Waals surface area contributed by atoms with E-state index < -0.39 is 0 Å². The first-order valence-corrected chi connectivity index (χ1v) is 5.05. The van der Waals surface area contributed by atoms with E-state index in [2.05, 4.69) is 4.74 Å². The molecule has 3 heteroatoms. The van der Waals surface area contributed by atoms with E-state index in [1.807, 2.05) is 42.5 Å². The number of carbonyl (C=O) groups excluding carboxylic acids is 1. The van der Waals surface area contributed by atoms with Gasteiger partial charge in [0.1, 0.15) is 0 Å². The Morgan fingerprint density at radius 3 is 1.94 bits per heavy atom. The predicted octanol–water partition coefficient (Wildman–Crippen LogP) is 3.20. The van der Waals surface area contributed by atoms with E-state index in [-0.39, 0.29) is 15.9 Å². The normalized spacial score (nSPS) is 9.24. The third-order valence-corrected chi connectivity index (χ3v) is 2.41. The van der Waals surface area contributed by atoms with Crippen LogP contribution in [0.2, 0.25) is 0 Å². The fourth-order valence-electron chi connectivity index (χ4n) is 1.55. The van der Waals surface area contributed by atoms with Crippen molar-refractivity contribution in [2.75, 3.05) is 7.11 Å². The summed E-state index contributed by atoms with van der Waals surface area (Å²) >= 11 is 0. The second-order valence-corrected chi connectivity index (χ2v) is 3.43. The second kappa shape index (κ2) is 6.17. The molecule has 2 nitrogen and oxygen atoms in total. The molecule has 2 rings (SSSR count). The van der Waals surface area contributed by atoms with Gasteiger partial charge in [0.05, 0.1) is 12.7 Å². The molecule has 0 fully saturated rings. The summed E-state index contributed by atoms with van der Waals surface area (Å²) in [5.74, 6) is -0.306. The van der Waals surface area contributed by atoms with Crippen LogP contribution in [-0.2, 0) is 4.74 Å². The molecule has 0 saturated carbocycles. The number of benzene rings is 2. The quantitative estimate of drug-likeness (QED) is 0.601. The van der Waals surface area contributed by atoms with Crippen LogP contribution in [0, 0.1) is 0 Å². The molecular weight excluding hydrogens is 231 g/mol. The fourth-order valence-corrected chi connectivity index (χ4v) is 1.55. The minimum atomic E-state index is -0.306. The molecular formula is C14H15O2P. The third-order valence-electron chi connectivity index (χ3n) is 2.41. The molecule has 0 radical (unpaired) electrons. The minimum absolute atomic E-state index is 0. The Morgan fingerprint density at radius 1 is 0.882 bits per heavy atom. The summed E-state index contributed by atoms with van der Waals surface area (Å²) in [6.45, 7) is 0. The molecule has 1 atom stereocenters. The van der Waals surface area contributed by atoms with E-state index in [0.717, 1.165) is 11.1 Å². The standard InChI is InChI=1S/C14H12O2.H3P/c1-16-14(15)13-9-7-12(8-10-13)11-5-3-2-4-6-11;/h2-10H,1H3;1H3. The van der Waals surface area contributed by atoms with Gasteiger partial charge in [-0.2, -0.15) is 9.90 Å². The predicted molar refractivity (Wildman–Crippen MR) is 74.3 cm³/mol. The average Bonchev–Trinajstić information content (AvgIpc) is 2.39. The zero-order valence-electron chi connectivity index (χ0n) is 9.72. The molecule has 0 heterocycles. The number of methoxy groups -OCH3 is 1. The second-order valence-electron chi connectivity index (χ2n) is 3.43. The molecule has 0 aliphatic rings. The first kappa shape index (κ1) is 13.4. The zero-order valence-corrected chi connectivity index (χ0v) is 11.1. The highest BCUT2D eigenvalue weighted by atomic mass is 31.0. The number of ether oxygens (including phenoxy) is 1. The molecule has 1 unspecified atom stereocenters. The van der Waals surface area contributed by atoms with Crippen molar-refractivity contribution >= 4 is 15.9 Å². The molecule has 0 spiro atoms. The van der Waals surface area contributed by atoms with Gasteiger partial charge in [-0.25, -0.2) is 4.79 Å². The van der Waals surface area contributed by atoms with E-state index >= 15 is 0 Å². The van der Waals surface area contributed by atoms with Gasteiger partial charge in [0.2, 0.25) is 0 Å². The van der Waals surface area contributed by atoms with Crippen molar-refractivity contribution in [2.45, 2.75) is 0 Å². The summed E-state index contributed by atoms with van der Waals surface area (Å²) < 4.78 is 4.64. The van der Waals surface area contributed by atoms with Gasteiger partial charge in [0.15, 0.2) is 0 Å². The van der Waals surface area contributed by atoms with Crippen LogP contribution in [0.1, 0.15) is 10.4 Å². The smallest absolute Gasteiger partial charge is 0.337 e. The van der Waals surface area contributed by atoms with E-state index in [4.69, 9.17) is 0 Å². The molecule has 0 aliphatic heterocycles. The molecule has 0 aromatic heterocycles. The topological polar surface area (TPSA) is 26.3 Å². The first-order chi connectivity index (χ1) is 7.81. The van der Waals surface area contributed by atoms with Crippen molar-refractivity contribution in [3.05, 3.63) is 60.2 Å². The Kier molecular flexibility index (Phi) is 4.86. The summed E-state index contributed by atoms with van der Waals surface area (Å²) in [6.07, 6.45) is 0. The lowest BCUT2D eigenvalue weighted by Crippen LogP contribution is -2.00. The molecule has 0 bridgehead atoms. The van der Waals surface area contributed by atoms with Gasteiger partial charge in [-0.15, -0.1) is 0 Å². The van der Waals surface area contributed by atoms with Crippen LogP contribution in [0.3, 0.4) is 0 Å². The Hall–Kier alpha value is -1.66. The Morgan fingerprint density at radius 2 is 1.41 bits per heavy atom. The molecule has 2 aromatic carbocycles. The largest absolute Gasteiger partial charge is 0.465 e. The highest BCUT2D eigenvalue weighted by Gasteiger charge is 2.04. The number of hydrogen-bond acceptors (Lipinski definition) is 2. The molecule has 0 saturated heterocycles. The van der Waals surface area contributed by atoms with Crippen molar-refractivity contribution in [2.24, 2.45) is 0 Å². The lowest BCUT2D eigenvalue weighted by Gasteiger charge is -2.02. The van der Waals surface area contributed by atoms with Crippen LogP contribution >= 0.6 is 9.90 Å². The van der Waals surface area contributed by atoms with Gasteiger partial charge in [-0.1, -0.05) is 42.5 Å². The fraction of sp³-hybridized carbons (Fsp3) is 0.0714. The maximum Gasteiger partial charge on any atom is 0.337 e. The number of hydrogen-bond donors (Lipinski definition) is 0. The van der Waals surface area contributed by atoms with Crippen LogP contribution in [0.4, 0.5) is 0 Å². The highest BCUT2D eigenvalue weighted by Crippen LogP contribution is 2.19. The summed E-state index contributed by atoms with van der Waals surface area (Å²) in [6, 6.07) is 17.4. The van der Waals surface area contributed by atoms with E-state index in [1.165, 1.54) is 7.11 Å². The summed E-state index contributed by atoms with van der Waals surface area (Å²) in [4.78, 5) is 11.2. The molecule has 17 heavy (non-hydrogen) atoms. The molecule has 2 aromatic rings. The average molecular weight is 246 g/mol. The number of esters is 1. The zero-order chi connectivity index (χ0) is 11.4. The third kappa shape index (κ3) is 3.15. The van der Waals surface area contributed by atoms with Crippen LogP contribution in [0.25, 0.3) is 11.1 Å². The van der Waals surface area contributed by atoms with Crippen molar-refractivity contribution in [1.82, 2.24) is 0 Å². The van der Waals surface area contributed by atoms with Crippen LogP contribution < -0.4 is 0 Å². The van der Waals surface area contributed by atoms with Crippen molar-refractivity contribution in [1.29, 1.82) is 0 Å². The number of carbonyl (C=O) groups is 1. The van der Waals surface area contributed by atoms with Gasteiger partial charge < -0.3 is 4.74 Å². The monoisotopic (exact) mass is 246 g/mol. The van der Waals surface area contributed by atoms with E-state index in [9.17, 15) is 4.79 Å². The molecule has 0 N–H and O–H groups in total. The van der Waals surface area contributed by atoms with Crippen molar-refractivity contribution in [3.8, 4) is 11.1 Å². The van der Waals surface area contributed by atoms with Crippen molar-refractivity contribution < 1.29 is 9.53 Å². The van der Waals surface area contributed by atoms with Gasteiger partial charge in [-0.05, 0) is 23.3 Å². The van der Waals surface area contributed by atoms with Gasteiger partial charge >= 0.3 is 5.97 Å². The maximum atomic E-state index is 11.2. The maximum absolute atomic E-state index is 11.2. The van der Waals surface area contributed by atoms with Crippen molar-refractivity contribution in [3.63, 3.8) is 0 Å². The van der Waals surface area contributed by atoms with E-state index in [1.54, 1.807) is 12.1 Å². The SMILES string of the molecule is COC(=O)c1ccc(-c2ccccc2)cc1.P. The lowest BCUT2D eigenvalue weighted by atomic mass is 10.0. The van der Waals surface area contributed by atoms with Gasteiger partial charge in [-0.3, -0.25) is 0 Å². The Labute approximate surface area is 104 Å². The minimum Gasteiger partial charge on any atom is -0.465 e.